The van der Waals surface area contributed by atoms with Gasteiger partial charge >= 0.3 is 6.18 Å². The first-order valence-electron chi connectivity index (χ1n) is 7.39. The summed E-state index contributed by atoms with van der Waals surface area (Å²) in [7, 11) is -3.86. The lowest BCUT2D eigenvalue weighted by atomic mass is 10.2. The predicted molar refractivity (Wildman–Crippen MR) is 92.7 cm³/mol. The van der Waals surface area contributed by atoms with Crippen molar-refractivity contribution < 1.29 is 21.6 Å². The molecule has 0 radical (unpaired) electrons. The van der Waals surface area contributed by atoms with Crippen LogP contribution in [0, 0.1) is 6.92 Å². The molecule has 0 spiro atoms. The normalized spacial score (nSPS) is 12.5. The summed E-state index contributed by atoms with van der Waals surface area (Å²) in [6.45, 7) is 1.90. The Bertz CT molecular complexity index is 1040. The van der Waals surface area contributed by atoms with Crippen molar-refractivity contribution in [2.45, 2.75) is 24.4 Å². The zero-order chi connectivity index (χ0) is 19.1. The van der Waals surface area contributed by atoms with Crippen molar-refractivity contribution in [2.24, 2.45) is 5.14 Å². The molecule has 0 unspecified atom stereocenters. The molecule has 0 aliphatic carbocycles. The van der Waals surface area contributed by atoms with Gasteiger partial charge in [-0.1, -0.05) is 0 Å². The van der Waals surface area contributed by atoms with Crippen LogP contribution in [0.25, 0.3) is 16.3 Å². The van der Waals surface area contributed by atoms with Gasteiger partial charge in [0.05, 0.1) is 33.3 Å². The molecule has 0 atom stereocenters. The SMILES string of the molecule is Cc1ccc(-c2cc(CC(F)(F)F)nn2-c2ccc(S(N)(=O)=O)cc2)s1. The average Bonchev–Trinajstić information content (AvgIpc) is 3.11. The Morgan fingerprint density at radius 3 is 2.31 bits per heavy atom. The van der Waals surface area contributed by atoms with Gasteiger partial charge in [0.2, 0.25) is 10.0 Å². The van der Waals surface area contributed by atoms with Crippen molar-refractivity contribution in [3.8, 4) is 16.3 Å². The van der Waals surface area contributed by atoms with Crippen LogP contribution in [0.2, 0.25) is 0 Å². The minimum absolute atomic E-state index is 0.0857. The maximum Gasteiger partial charge on any atom is 0.394 e. The first-order chi connectivity index (χ1) is 12.0. The molecule has 10 heteroatoms. The smallest absolute Gasteiger partial charge is 0.232 e. The first-order valence-corrected chi connectivity index (χ1v) is 9.75. The molecule has 1 aromatic carbocycles. The van der Waals surface area contributed by atoms with Crippen LogP contribution in [-0.2, 0) is 16.4 Å². The molecule has 2 heterocycles. The largest absolute Gasteiger partial charge is 0.394 e. The van der Waals surface area contributed by atoms with Gasteiger partial charge in [0.15, 0.2) is 0 Å². The molecule has 2 N–H and O–H groups in total. The van der Waals surface area contributed by atoms with Crippen LogP contribution in [0.3, 0.4) is 0 Å². The molecule has 0 aliphatic heterocycles. The lowest BCUT2D eigenvalue weighted by Crippen LogP contribution is -2.13. The molecular weight excluding hydrogens is 387 g/mol. The van der Waals surface area contributed by atoms with E-state index in [4.69, 9.17) is 5.14 Å². The van der Waals surface area contributed by atoms with Crippen LogP contribution in [0.15, 0.2) is 47.4 Å². The minimum atomic E-state index is -4.38. The number of aryl methyl sites for hydroxylation is 1. The summed E-state index contributed by atoms with van der Waals surface area (Å²) in [5.74, 6) is 0. The van der Waals surface area contributed by atoms with Crippen molar-refractivity contribution >= 4 is 21.4 Å². The van der Waals surface area contributed by atoms with Gasteiger partial charge in [-0.25, -0.2) is 18.2 Å². The highest BCUT2D eigenvalue weighted by atomic mass is 32.2. The number of primary sulfonamides is 1. The molecule has 0 aliphatic rings. The van der Waals surface area contributed by atoms with Crippen LogP contribution in [0.4, 0.5) is 13.2 Å². The standard InChI is InChI=1S/C16H14F3N3O2S2/c1-10-2-7-15(25-10)14-8-11(9-16(17,18)19)21-22(14)12-3-5-13(6-4-12)26(20,23)24/h2-8H,9H2,1H3,(H2,20,23,24). The molecule has 0 fully saturated rings. The van der Waals surface area contributed by atoms with Crippen LogP contribution in [0.1, 0.15) is 10.6 Å². The zero-order valence-corrected chi connectivity index (χ0v) is 15.1. The van der Waals surface area contributed by atoms with E-state index in [0.29, 0.717) is 11.4 Å². The first kappa shape index (κ1) is 18.6. The molecule has 0 amide bonds. The number of thiophene rings is 1. The highest BCUT2D eigenvalue weighted by Crippen LogP contribution is 2.32. The van der Waals surface area contributed by atoms with Gasteiger partial charge in [0, 0.05) is 4.88 Å². The number of sulfonamides is 1. The number of hydrogen-bond donors (Lipinski definition) is 1. The fourth-order valence-electron chi connectivity index (χ4n) is 2.44. The van der Waals surface area contributed by atoms with Crippen molar-refractivity contribution in [3.63, 3.8) is 0 Å². The summed E-state index contributed by atoms with van der Waals surface area (Å²) in [4.78, 5) is 1.69. The lowest BCUT2D eigenvalue weighted by Gasteiger charge is -2.07. The van der Waals surface area contributed by atoms with E-state index in [-0.39, 0.29) is 10.6 Å². The van der Waals surface area contributed by atoms with Crippen molar-refractivity contribution in [2.75, 3.05) is 0 Å². The highest BCUT2D eigenvalue weighted by molar-refractivity contribution is 7.89. The Labute approximate surface area is 151 Å². The zero-order valence-electron chi connectivity index (χ0n) is 13.5. The maximum absolute atomic E-state index is 12.7. The summed E-state index contributed by atoms with van der Waals surface area (Å²) in [5.41, 5.74) is 0.826. The Kier molecular flexibility index (Phi) is 4.67. The molecule has 2 aromatic heterocycles. The molecule has 0 saturated carbocycles. The Balaban J connectivity index is 2.09. The average molecular weight is 401 g/mol. The number of rotatable bonds is 4. The topological polar surface area (TPSA) is 78.0 Å². The van der Waals surface area contributed by atoms with Gasteiger partial charge in [0.1, 0.15) is 0 Å². The van der Waals surface area contributed by atoms with E-state index in [1.165, 1.54) is 46.4 Å². The van der Waals surface area contributed by atoms with Crippen molar-refractivity contribution in [3.05, 3.63) is 53.0 Å². The van der Waals surface area contributed by atoms with Gasteiger partial charge in [-0.05, 0) is 49.4 Å². The van der Waals surface area contributed by atoms with E-state index in [1.54, 1.807) is 0 Å². The third kappa shape index (κ3) is 4.14. The molecule has 26 heavy (non-hydrogen) atoms. The molecular formula is C16H14F3N3O2S2. The lowest BCUT2D eigenvalue weighted by molar-refractivity contribution is -0.127. The Morgan fingerprint density at radius 2 is 1.81 bits per heavy atom. The number of halogens is 3. The third-order valence-electron chi connectivity index (χ3n) is 3.54. The van der Waals surface area contributed by atoms with E-state index < -0.39 is 22.6 Å². The second kappa shape index (κ2) is 6.53. The predicted octanol–water partition coefficient (Wildman–Crippen LogP) is 3.66. The third-order valence-corrected chi connectivity index (χ3v) is 5.50. The quantitative estimate of drug-likeness (QED) is 0.725. The summed E-state index contributed by atoms with van der Waals surface area (Å²) >= 11 is 1.43. The monoisotopic (exact) mass is 401 g/mol. The maximum atomic E-state index is 12.7. The summed E-state index contributed by atoms with van der Waals surface area (Å²) < 4.78 is 62.3. The second-order valence-electron chi connectivity index (χ2n) is 5.67. The van der Waals surface area contributed by atoms with Gasteiger partial charge in [-0.2, -0.15) is 18.3 Å². The van der Waals surface area contributed by atoms with Gasteiger partial charge in [0.25, 0.3) is 0 Å². The van der Waals surface area contributed by atoms with E-state index in [2.05, 4.69) is 5.10 Å². The van der Waals surface area contributed by atoms with E-state index in [1.807, 2.05) is 19.1 Å². The summed E-state index contributed by atoms with van der Waals surface area (Å²) in [6.07, 6.45) is -5.52. The van der Waals surface area contributed by atoms with Gasteiger partial charge in [-0.15, -0.1) is 11.3 Å². The van der Waals surface area contributed by atoms with E-state index >= 15 is 0 Å². The van der Waals surface area contributed by atoms with Gasteiger partial charge < -0.3 is 0 Å². The van der Waals surface area contributed by atoms with Crippen LogP contribution in [0.5, 0.6) is 0 Å². The van der Waals surface area contributed by atoms with E-state index in [0.717, 1.165) is 9.75 Å². The fourth-order valence-corrected chi connectivity index (χ4v) is 3.83. The molecule has 5 nitrogen and oxygen atoms in total. The summed E-state index contributed by atoms with van der Waals surface area (Å²) in [6, 6.07) is 10.6. The van der Waals surface area contributed by atoms with Crippen LogP contribution < -0.4 is 5.14 Å². The number of aromatic nitrogens is 2. The number of nitrogens with zero attached hydrogens (tertiary/aromatic N) is 2. The van der Waals surface area contributed by atoms with Crippen LogP contribution in [-0.4, -0.2) is 24.4 Å². The Morgan fingerprint density at radius 1 is 1.15 bits per heavy atom. The van der Waals surface area contributed by atoms with Crippen molar-refractivity contribution in [1.29, 1.82) is 0 Å². The molecule has 3 aromatic rings. The fraction of sp³-hybridized carbons (Fsp3) is 0.188. The van der Waals surface area contributed by atoms with Crippen molar-refractivity contribution in [1.82, 2.24) is 9.78 Å². The van der Waals surface area contributed by atoms with Crippen LogP contribution >= 0.6 is 11.3 Å². The highest BCUT2D eigenvalue weighted by Gasteiger charge is 2.30. The molecule has 3 rings (SSSR count). The van der Waals surface area contributed by atoms with Gasteiger partial charge in [-0.3, -0.25) is 0 Å². The molecule has 138 valence electrons. The molecule has 0 bridgehead atoms. The number of benzene rings is 1. The summed E-state index contributed by atoms with van der Waals surface area (Å²) in [5, 5.41) is 9.14. The number of hydrogen-bond acceptors (Lipinski definition) is 4. The number of alkyl halides is 3. The minimum Gasteiger partial charge on any atom is -0.232 e. The molecule has 0 saturated heterocycles. The number of nitrogens with two attached hydrogens (primary N) is 1. The second-order valence-corrected chi connectivity index (χ2v) is 8.52. The Hall–Kier alpha value is -2.17. The van der Waals surface area contributed by atoms with E-state index in [9.17, 15) is 21.6 Å².